The summed E-state index contributed by atoms with van der Waals surface area (Å²) in [4.78, 5) is 44.9. The van der Waals surface area contributed by atoms with Crippen LogP contribution in [0.3, 0.4) is 0 Å². The lowest BCUT2D eigenvalue weighted by atomic mass is 10.2. The molecule has 0 atom stereocenters. The summed E-state index contributed by atoms with van der Waals surface area (Å²) in [6.07, 6.45) is -3.08. The number of pyridine rings is 1. The van der Waals surface area contributed by atoms with Crippen molar-refractivity contribution in [1.82, 2.24) is 24.6 Å². The molecule has 4 aromatic rings. The van der Waals surface area contributed by atoms with Gasteiger partial charge in [0, 0.05) is 43.3 Å². The Morgan fingerprint density at radius 2 is 1.62 bits per heavy atom. The normalized spacial score (nSPS) is 13.9. The molecule has 3 amide bonds. The number of amides is 3. The minimum Gasteiger partial charge on any atom is -0.338 e. The molecular formula is C27H22ClF3N6O3. The zero-order valence-electron chi connectivity index (χ0n) is 20.9. The first-order valence-corrected chi connectivity index (χ1v) is 12.6. The topological polar surface area (TPSA) is 100 Å². The molecule has 3 heterocycles. The lowest BCUT2D eigenvalue weighted by molar-refractivity contribution is -0.141. The number of carbonyl (C=O) groups is 3. The van der Waals surface area contributed by atoms with Crippen molar-refractivity contribution in [2.45, 2.75) is 12.7 Å². The SMILES string of the molecule is O=C(Nc1cc2cn(CC(=O)N3CCN(C(=O)c4ccccc4)CC3)nc2cc1Cl)c1cccc(C(F)(F)F)n1. The molecule has 1 saturated heterocycles. The second-order valence-electron chi connectivity index (χ2n) is 9.12. The van der Waals surface area contributed by atoms with Gasteiger partial charge in [-0.15, -0.1) is 0 Å². The maximum absolute atomic E-state index is 13.0. The number of nitrogens with one attached hydrogen (secondary N) is 1. The molecule has 1 aliphatic rings. The monoisotopic (exact) mass is 570 g/mol. The largest absolute Gasteiger partial charge is 0.433 e. The van der Waals surface area contributed by atoms with E-state index in [4.69, 9.17) is 11.6 Å². The highest BCUT2D eigenvalue weighted by atomic mass is 35.5. The van der Waals surface area contributed by atoms with Gasteiger partial charge in [0.05, 0.1) is 16.2 Å². The molecule has 40 heavy (non-hydrogen) atoms. The number of carbonyl (C=O) groups excluding carboxylic acids is 3. The molecule has 0 unspecified atom stereocenters. The number of halogens is 4. The first kappa shape index (κ1) is 27.1. The number of rotatable bonds is 5. The van der Waals surface area contributed by atoms with E-state index in [0.717, 1.165) is 18.2 Å². The van der Waals surface area contributed by atoms with Crippen LogP contribution in [-0.4, -0.2) is 68.5 Å². The average molecular weight is 571 g/mol. The first-order chi connectivity index (χ1) is 19.1. The van der Waals surface area contributed by atoms with Crippen molar-refractivity contribution < 1.29 is 27.6 Å². The number of hydrogen-bond donors (Lipinski definition) is 1. The van der Waals surface area contributed by atoms with E-state index in [1.807, 2.05) is 6.07 Å². The number of anilines is 1. The molecule has 5 rings (SSSR count). The van der Waals surface area contributed by atoms with Crippen molar-refractivity contribution in [1.29, 1.82) is 0 Å². The molecule has 1 aliphatic heterocycles. The number of aromatic nitrogens is 3. The van der Waals surface area contributed by atoms with Gasteiger partial charge in [0.15, 0.2) is 0 Å². The van der Waals surface area contributed by atoms with Crippen LogP contribution < -0.4 is 5.32 Å². The number of hydrogen-bond acceptors (Lipinski definition) is 5. The third-order valence-corrected chi connectivity index (χ3v) is 6.71. The minimum absolute atomic E-state index is 0.0468. The second-order valence-corrected chi connectivity index (χ2v) is 9.52. The third-order valence-electron chi connectivity index (χ3n) is 6.40. The van der Waals surface area contributed by atoms with Gasteiger partial charge in [-0.2, -0.15) is 18.3 Å². The fraction of sp³-hybridized carbons (Fsp3) is 0.222. The quantitative estimate of drug-likeness (QED) is 0.385. The molecule has 2 aromatic carbocycles. The van der Waals surface area contributed by atoms with E-state index < -0.39 is 23.5 Å². The van der Waals surface area contributed by atoms with Crippen LogP contribution in [0.4, 0.5) is 18.9 Å². The van der Waals surface area contributed by atoms with Gasteiger partial charge in [0.1, 0.15) is 17.9 Å². The maximum atomic E-state index is 13.0. The van der Waals surface area contributed by atoms with E-state index in [0.29, 0.717) is 42.6 Å². The summed E-state index contributed by atoms with van der Waals surface area (Å²) in [6, 6.07) is 15.0. The summed E-state index contributed by atoms with van der Waals surface area (Å²) >= 11 is 6.29. The van der Waals surface area contributed by atoms with Crippen LogP contribution in [0.1, 0.15) is 26.5 Å². The lowest BCUT2D eigenvalue weighted by Gasteiger charge is -2.34. The molecule has 2 aromatic heterocycles. The number of alkyl halides is 3. The molecule has 1 fully saturated rings. The van der Waals surface area contributed by atoms with Crippen LogP contribution in [0, 0.1) is 0 Å². The summed E-state index contributed by atoms with van der Waals surface area (Å²) in [7, 11) is 0. The zero-order chi connectivity index (χ0) is 28.4. The van der Waals surface area contributed by atoms with Crippen molar-refractivity contribution in [2.75, 3.05) is 31.5 Å². The highest BCUT2D eigenvalue weighted by molar-refractivity contribution is 6.34. The van der Waals surface area contributed by atoms with Crippen LogP contribution in [0.5, 0.6) is 0 Å². The Bertz CT molecular complexity index is 1580. The van der Waals surface area contributed by atoms with Gasteiger partial charge in [0.2, 0.25) is 5.91 Å². The van der Waals surface area contributed by atoms with Gasteiger partial charge in [-0.1, -0.05) is 35.9 Å². The maximum Gasteiger partial charge on any atom is 0.433 e. The molecule has 0 saturated carbocycles. The molecule has 13 heteroatoms. The molecule has 0 radical (unpaired) electrons. The number of nitrogens with zero attached hydrogens (tertiary/aromatic N) is 5. The lowest BCUT2D eigenvalue weighted by Crippen LogP contribution is -2.51. The fourth-order valence-corrected chi connectivity index (χ4v) is 4.55. The third kappa shape index (κ3) is 5.91. The van der Waals surface area contributed by atoms with Gasteiger partial charge in [-0.3, -0.25) is 19.1 Å². The van der Waals surface area contributed by atoms with E-state index in [1.165, 1.54) is 16.8 Å². The molecule has 1 N–H and O–H groups in total. The van der Waals surface area contributed by atoms with E-state index in [9.17, 15) is 27.6 Å². The van der Waals surface area contributed by atoms with Gasteiger partial charge in [-0.05, 0) is 36.4 Å². The van der Waals surface area contributed by atoms with E-state index in [-0.39, 0.29) is 29.1 Å². The Kier molecular flexibility index (Phi) is 7.44. The Morgan fingerprint density at radius 1 is 0.925 bits per heavy atom. The Balaban J connectivity index is 1.22. The van der Waals surface area contributed by atoms with E-state index >= 15 is 0 Å². The summed E-state index contributed by atoms with van der Waals surface area (Å²) < 4.78 is 40.3. The summed E-state index contributed by atoms with van der Waals surface area (Å²) in [6.45, 7) is 1.57. The van der Waals surface area contributed by atoms with Crippen molar-refractivity contribution in [2.24, 2.45) is 0 Å². The number of benzene rings is 2. The average Bonchev–Trinajstić information content (AvgIpc) is 3.33. The van der Waals surface area contributed by atoms with E-state index in [1.54, 1.807) is 40.3 Å². The molecule has 0 aliphatic carbocycles. The van der Waals surface area contributed by atoms with Gasteiger partial charge >= 0.3 is 6.18 Å². The van der Waals surface area contributed by atoms with Gasteiger partial charge in [0.25, 0.3) is 11.8 Å². The number of piperazine rings is 1. The number of fused-ring (bicyclic) bond motifs is 1. The van der Waals surface area contributed by atoms with Crippen molar-refractivity contribution in [3.8, 4) is 0 Å². The fourth-order valence-electron chi connectivity index (χ4n) is 4.34. The van der Waals surface area contributed by atoms with Crippen molar-refractivity contribution >= 4 is 45.9 Å². The summed E-state index contributed by atoms with van der Waals surface area (Å²) in [5.74, 6) is -1.11. The Hall–Kier alpha value is -4.45. The van der Waals surface area contributed by atoms with Crippen LogP contribution in [0.2, 0.25) is 5.02 Å². The second kappa shape index (κ2) is 11.0. The first-order valence-electron chi connectivity index (χ1n) is 12.2. The van der Waals surface area contributed by atoms with Crippen molar-refractivity contribution in [3.63, 3.8) is 0 Å². The minimum atomic E-state index is -4.69. The summed E-state index contributed by atoms with van der Waals surface area (Å²) in [5.41, 5.74) is -0.379. The van der Waals surface area contributed by atoms with Gasteiger partial charge in [-0.25, -0.2) is 4.98 Å². The van der Waals surface area contributed by atoms with Crippen molar-refractivity contribution in [3.05, 3.63) is 88.8 Å². The zero-order valence-corrected chi connectivity index (χ0v) is 21.6. The molecule has 9 nitrogen and oxygen atoms in total. The van der Waals surface area contributed by atoms with E-state index in [2.05, 4.69) is 15.4 Å². The Morgan fingerprint density at radius 3 is 2.33 bits per heavy atom. The van der Waals surface area contributed by atoms with Crippen LogP contribution in [0.15, 0.2) is 66.9 Å². The molecule has 206 valence electrons. The highest BCUT2D eigenvalue weighted by Gasteiger charge is 2.33. The molecule has 0 spiro atoms. The molecular weight excluding hydrogens is 549 g/mol. The van der Waals surface area contributed by atoms with Crippen LogP contribution in [0.25, 0.3) is 10.9 Å². The summed E-state index contributed by atoms with van der Waals surface area (Å²) in [5, 5.41) is 7.53. The standard InChI is InChI=1S/C27H22ClF3N6O3/c28-19-14-21-18(13-22(19)33-25(39)20-7-4-8-23(32-20)27(29,30)31)15-37(34-21)16-24(38)35-9-11-36(12-10-35)26(40)17-5-2-1-3-6-17/h1-8,13-15H,9-12,16H2,(H,33,39). The van der Waals surface area contributed by atoms with Gasteiger partial charge < -0.3 is 15.1 Å². The predicted molar refractivity (Wildman–Crippen MR) is 141 cm³/mol. The highest BCUT2D eigenvalue weighted by Crippen LogP contribution is 2.29. The smallest absolute Gasteiger partial charge is 0.338 e. The van der Waals surface area contributed by atoms with Crippen LogP contribution >= 0.6 is 11.6 Å². The molecule has 0 bridgehead atoms. The predicted octanol–water partition coefficient (Wildman–Crippen LogP) is 4.34. The van der Waals surface area contributed by atoms with Crippen LogP contribution in [-0.2, 0) is 17.5 Å². The Labute approximate surface area is 231 Å².